The van der Waals surface area contributed by atoms with Gasteiger partial charge < -0.3 is 29.1 Å². The van der Waals surface area contributed by atoms with E-state index in [2.05, 4.69) is 0 Å². The second kappa shape index (κ2) is 9.95. The van der Waals surface area contributed by atoms with Gasteiger partial charge in [-0.3, -0.25) is 0 Å². The molecular formula is C10H25NO5Si. The lowest BCUT2D eigenvalue weighted by Crippen LogP contribution is -2.51. The first-order valence-corrected chi connectivity index (χ1v) is 7.37. The zero-order valence-corrected chi connectivity index (χ0v) is 12.6. The lowest BCUT2D eigenvalue weighted by molar-refractivity contribution is -0.428. The molecule has 0 aliphatic rings. The van der Waals surface area contributed by atoms with E-state index in [0.717, 1.165) is 12.5 Å². The van der Waals surface area contributed by atoms with Crippen molar-refractivity contribution in [1.29, 1.82) is 0 Å². The molecule has 0 aliphatic heterocycles. The Morgan fingerprint density at radius 3 is 2.29 bits per heavy atom. The standard InChI is InChI=1S/C10H25NO5Si/c1-5-15-10(13-3,14-4)9(12-2)16-17-8-6-7-11/h9H,5-8,11,17H2,1-4H3. The van der Waals surface area contributed by atoms with Crippen molar-refractivity contribution in [2.24, 2.45) is 5.73 Å². The van der Waals surface area contributed by atoms with E-state index in [1.165, 1.54) is 21.3 Å². The average Bonchev–Trinajstić information content (AvgIpc) is 2.37. The van der Waals surface area contributed by atoms with E-state index < -0.39 is 22.0 Å². The molecule has 1 unspecified atom stereocenters. The van der Waals surface area contributed by atoms with Crippen LogP contribution in [-0.2, 0) is 23.4 Å². The summed E-state index contributed by atoms with van der Waals surface area (Å²) in [4.78, 5) is 0. The molecule has 0 amide bonds. The van der Waals surface area contributed by atoms with Gasteiger partial charge >= 0.3 is 5.97 Å². The number of hydrogen-bond acceptors (Lipinski definition) is 6. The van der Waals surface area contributed by atoms with Gasteiger partial charge in [-0.1, -0.05) is 0 Å². The average molecular weight is 267 g/mol. The minimum Gasteiger partial charge on any atom is -0.394 e. The third kappa shape index (κ3) is 5.43. The van der Waals surface area contributed by atoms with Crippen LogP contribution in [0.5, 0.6) is 0 Å². The second-order valence-corrected chi connectivity index (χ2v) is 4.83. The van der Waals surface area contributed by atoms with Crippen LogP contribution in [0.15, 0.2) is 0 Å². The third-order valence-corrected chi connectivity index (χ3v) is 3.61. The van der Waals surface area contributed by atoms with Crippen LogP contribution in [0.25, 0.3) is 0 Å². The first-order chi connectivity index (χ1) is 8.20. The Labute approximate surface area is 106 Å². The highest BCUT2D eigenvalue weighted by Crippen LogP contribution is 2.22. The highest BCUT2D eigenvalue weighted by molar-refractivity contribution is 6.27. The molecule has 6 nitrogen and oxygen atoms in total. The Kier molecular flexibility index (Phi) is 9.94. The topological polar surface area (TPSA) is 72.2 Å². The molecule has 0 fully saturated rings. The normalized spacial score (nSPS) is 14.6. The van der Waals surface area contributed by atoms with Gasteiger partial charge in [-0.05, 0) is 25.9 Å². The predicted octanol–water partition coefficient (Wildman–Crippen LogP) is -0.190. The van der Waals surface area contributed by atoms with Gasteiger partial charge in [0.2, 0.25) is 6.29 Å². The Hall–Kier alpha value is -0.0231. The maximum Gasteiger partial charge on any atom is 0.335 e. The molecule has 0 radical (unpaired) electrons. The summed E-state index contributed by atoms with van der Waals surface area (Å²) in [5.41, 5.74) is 5.43. The molecule has 7 heteroatoms. The van der Waals surface area contributed by atoms with Gasteiger partial charge in [0.15, 0.2) is 9.76 Å². The summed E-state index contributed by atoms with van der Waals surface area (Å²) >= 11 is 0. The lowest BCUT2D eigenvalue weighted by atomic mass is 10.5. The quantitative estimate of drug-likeness (QED) is 0.318. The molecule has 0 spiro atoms. The van der Waals surface area contributed by atoms with Crippen LogP contribution < -0.4 is 5.73 Å². The summed E-state index contributed by atoms with van der Waals surface area (Å²) in [6, 6.07) is 0.992. The molecule has 0 aliphatic carbocycles. The van der Waals surface area contributed by atoms with E-state index in [9.17, 15) is 0 Å². The number of methoxy groups -OCH3 is 3. The van der Waals surface area contributed by atoms with Crippen molar-refractivity contribution in [3.63, 3.8) is 0 Å². The molecule has 0 bridgehead atoms. The molecular weight excluding hydrogens is 242 g/mol. The Morgan fingerprint density at radius 2 is 1.88 bits per heavy atom. The predicted molar refractivity (Wildman–Crippen MR) is 67.3 cm³/mol. The molecule has 1 atom stereocenters. The molecule has 104 valence electrons. The summed E-state index contributed by atoms with van der Waals surface area (Å²) in [7, 11) is 3.81. The monoisotopic (exact) mass is 267 g/mol. The third-order valence-electron chi connectivity index (χ3n) is 2.28. The minimum atomic E-state index is -1.29. The van der Waals surface area contributed by atoms with Crippen LogP contribution in [-0.4, -0.2) is 56.5 Å². The smallest absolute Gasteiger partial charge is 0.335 e. The molecule has 17 heavy (non-hydrogen) atoms. The largest absolute Gasteiger partial charge is 0.394 e. The van der Waals surface area contributed by atoms with Crippen LogP contribution in [0.3, 0.4) is 0 Å². The van der Waals surface area contributed by atoms with Crippen LogP contribution in [0, 0.1) is 0 Å². The van der Waals surface area contributed by atoms with Crippen LogP contribution in [0.2, 0.25) is 6.04 Å². The molecule has 0 rings (SSSR count). The van der Waals surface area contributed by atoms with E-state index >= 15 is 0 Å². The van der Waals surface area contributed by atoms with Crippen molar-refractivity contribution in [2.45, 2.75) is 31.7 Å². The zero-order valence-electron chi connectivity index (χ0n) is 11.2. The molecule has 0 aromatic carbocycles. The fraction of sp³-hybridized carbons (Fsp3) is 1.00. The molecule has 0 aromatic rings. The Morgan fingerprint density at radius 1 is 1.24 bits per heavy atom. The molecule has 0 heterocycles. The van der Waals surface area contributed by atoms with Gasteiger partial charge in [0, 0.05) is 27.9 Å². The van der Waals surface area contributed by atoms with Gasteiger partial charge in [0.1, 0.15) is 0 Å². The Bertz CT molecular complexity index is 180. The number of nitrogens with two attached hydrogens (primary N) is 1. The number of rotatable bonds is 11. The van der Waals surface area contributed by atoms with Gasteiger partial charge in [0.05, 0.1) is 0 Å². The van der Waals surface area contributed by atoms with Crippen molar-refractivity contribution in [3.8, 4) is 0 Å². The summed E-state index contributed by atoms with van der Waals surface area (Å²) < 4.78 is 26.8. The zero-order chi connectivity index (χ0) is 13.1. The van der Waals surface area contributed by atoms with Crippen LogP contribution >= 0.6 is 0 Å². The van der Waals surface area contributed by atoms with Crippen molar-refractivity contribution in [1.82, 2.24) is 0 Å². The first kappa shape index (κ1) is 17.0. The Balaban J connectivity index is 4.34. The summed E-state index contributed by atoms with van der Waals surface area (Å²) in [5.74, 6) is -1.29. The van der Waals surface area contributed by atoms with Crippen molar-refractivity contribution in [3.05, 3.63) is 0 Å². The van der Waals surface area contributed by atoms with Gasteiger partial charge in [-0.25, -0.2) is 0 Å². The lowest BCUT2D eigenvalue weighted by Gasteiger charge is -2.35. The van der Waals surface area contributed by atoms with Gasteiger partial charge in [0.25, 0.3) is 0 Å². The number of hydrogen-bond donors (Lipinski definition) is 1. The molecule has 0 aromatic heterocycles. The first-order valence-electron chi connectivity index (χ1n) is 5.79. The van der Waals surface area contributed by atoms with Gasteiger partial charge in [-0.2, -0.15) is 0 Å². The highest BCUT2D eigenvalue weighted by Gasteiger charge is 2.42. The van der Waals surface area contributed by atoms with Crippen molar-refractivity contribution >= 4 is 9.76 Å². The highest BCUT2D eigenvalue weighted by atomic mass is 28.2. The molecule has 0 saturated carbocycles. The van der Waals surface area contributed by atoms with E-state index in [1.54, 1.807) is 0 Å². The maximum absolute atomic E-state index is 5.68. The second-order valence-electron chi connectivity index (χ2n) is 3.38. The van der Waals surface area contributed by atoms with Crippen molar-refractivity contribution < 1.29 is 23.4 Å². The maximum atomic E-state index is 5.68. The van der Waals surface area contributed by atoms with E-state index in [-0.39, 0.29) is 0 Å². The minimum absolute atomic E-state index is 0.440. The fourth-order valence-corrected chi connectivity index (χ4v) is 2.63. The van der Waals surface area contributed by atoms with Gasteiger partial charge in [-0.15, -0.1) is 0 Å². The number of ether oxygens (including phenoxy) is 4. The van der Waals surface area contributed by atoms with E-state index in [0.29, 0.717) is 13.2 Å². The van der Waals surface area contributed by atoms with Crippen molar-refractivity contribution in [2.75, 3.05) is 34.5 Å². The summed E-state index contributed by atoms with van der Waals surface area (Å²) in [5, 5.41) is 0. The molecule has 0 saturated heterocycles. The SMILES string of the molecule is CCOC(OC)(OC)C(OC)O[SiH2]CCCN. The fourth-order valence-electron chi connectivity index (χ4n) is 1.41. The summed E-state index contributed by atoms with van der Waals surface area (Å²) in [6.45, 7) is 2.97. The van der Waals surface area contributed by atoms with E-state index in [1.807, 2.05) is 6.92 Å². The molecule has 2 N–H and O–H groups in total. The van der Waals surface area contributed by atoms with Crippen LogP contribution in [0.4, 0.5) is 0 Å². The summed E-state index contributed by atoms with van der Waals surface area (Å²) in [6.07, 6.45) is 0.284. The van der Waals surface area contributed by atoms with Crippen LogP contribution in [0.1, 0.15) is 13.3 Å². The van der Waals surface area contributed by atoms with E-state index in [4.69, 9.17) is 29.1 Å².